The van der Waals surface area contributed by atoms with E-state index in [0.717, 1.165) is 0 Å². The smallest absolute Gasteiger partial charge is 0.146 e. The molecule has 0 heterocycles. The zero-order valence-corrected chi connectivity index (χ0v) is 7.98. The number of rotatable bonds is 4. The predicted octanol–water partition coefficient (Wildman–Crippen LogP) is 1.07. The standard InChI is InChI=1S/C10H11FN2O2/c11-8-3-1-2-7(4-8)5-9(14)6-10(12)13-15/h1-4,15H,5-6H2,(H2,12,13). The Labute approximate surface area is 86.2 Å². The van der Waals surface area contributed by atoms with Crippen molar-refractivity contribution in [2.45, 2.75) is 12.8 Å². The molecular weight excluding hydrogens is 199 g/mol. The van der Waals surface area contributed by atoms with Gasteiger partial charge in [-0.05, 0) is 17.7 Å². The van der Waals surface area contributed by atoms with Gasteiger partial charge in [0.25, 0.3) is 0 Å². The van der Waals surface area contributed by atoms with Crippen molar-refractivity contribution in [1.29, 1.82) is 0 Å². The van der Waals surface area contributed by atoms with Gasteiger partial charge < -0.3 is 10.9 Å². The Balaban J connectivity index is 2.59. The highest BCUT2D eigenvalue weighted by Gasteiger charge is 2.06. The largest absolute Gasteiger partial charge is 0.409 e. The number of hydrogen-bond donors (Lipinski definition) is 2. The van der Waals surface area contributed by atoms with Crippen LogP contribution in [-0.4, -0.2) is 16.8 Å². The summed E-state index contributed by atoms with van der Waals surface area (Å²) in [6.07, 6.45) is -0.0546. The average molecular weight is 210 g/mol. The normalized spacial score (nSPS) is 11.4. The molecule has 1 rings (SSSR count). The van der Waals surface area contributed by atoms with Gasteiger partial charge in [0.15, 0.2) is 0 Å². The summed E-state index contributed by atoms with van der Waals surface area (Å²) in [5.41, 5.74) is 5.74. The summed E-state index contributed by atoms with van der Waals surface area (Å²) in [6.45, 7) is 0. The molecule has 0 amide bonds. The quantitative estimate of drug-likeness (QED) is 0.338. The number of carbonyl (C=O) groups is 1. The SMILES string of the molecule is N/C(CC(=O)Cc1cccc(F)c1)=N\O. The van der Waals surface area contributed by atoms with Crippen LogP contribution >= 0.6 is 0 Å². The maximum atomic E-state index is 12.7. The molecule has 0 unspecified atom stereocenters. The summed E-state index contributed by atoms with van der Waals surface area (Å²) in [7, 11) is 0. The second-order valence-corrected chi connectivity index (χ2v) is 3.11. The van der Waals surface area contributed by atoms with Crippen LogP contribution in [0.3, 0.4) is 0 Å². The van der Waals surface area contributed by atoms with Crippen molar-refractivity contribution in [2.75, 3.05) is 0 Å². The third-order valence-electron chi connectivity index (χ3n) is 1.80. The topological polar surface area (TPSA) is 75.7 Å². The van der Waals surface area contributed by atoms with Crippen LogP contribution in [0.25, 0.3) is 0 Å². The molecule has 0 radical (unpaired) electrons. The molecule has 5 heteroatoms. The minimum atomic E-state index is -0.385. The van der Waals surface area contributed by atoms with Crippen molar-refractivity contribution in [2.24, 2.45) is 10.9 Å². The monoisotopic (exact) mass is 210 g/mol. The number of oxime groups is 1. The number of amidine groups is 1. The lowest BCUT2D eigenvalue weighted by Crippen LogP contribution is -2.18. The van der Waals surface area contributed by atoms with Gasteiger partial charge in [-0.2, -0.15) is 0 Å². The Kier molecular flexibility index (Phi) is 3.79. The summed E-state index contributed by atoms with van der Waals surface area (Å²) < 4.78 is 12.7. The molecule has 1 aromatic rings. The Morgan fingerprint density at radius 3 is 2.87 bits per heavy atom. The highest BCUT2D eigenvalue weighted by molar-refractivity contribution is 6.00. The van der Waals surface area contributed by atoms with Crippen molar-refractivity contribution >= 4 is 11.6 Å². The molecule has 4 nitrogen and oxygen atoms in total. The van der Waals surface area contributed by atoms with Gasteiger partial charge in [0, 0.05) is 6.42 Å². The zero-order valence-electron chi connectivity index (χ0n) is 7.98. The van der Waals surface area contributed by atoms with Gasteiger partial charge in [0.2, 0.25) is 0 Å². The molecule has 0 fully saturated rings. The fourth-order valence-electron chi connectivity index (χ4n) is 1.17. The third-order valence-corrected chi connectivity index (χ3v) is 1.80. The molecule has 0 saturated carbocycles. The molecule has 0 aliphatic heterocycles. The first kappa shape index (κ1) is 11.2. The van der Waals surface area contributed by atoms with Crippen LogP contribution in [-0.2, 0) is 11.2 Å². The van der Waals surface area contributed by atoms with E-state index in [1.54, 1.807) is 6.07 Å². The summed E-state index contributed by atoms with van der Waals surface area (Å²) in [6, 6.07) is 5.76. The molecular formula is C10H11FN2O2. The van der Waals surface area contributed by atoms with Crippen molar-refractivity contribution in [3.05, 3.63) is 35.6 Å². The van der Waals surface area contributed by atoms with E-state index < -0.39 is 0 Å². The highest BCUT2D eigenvalue weighted by Crippen LogP contribution is 2.05. The van der Waals surface area contributed by atoms with E-state index in [1.165, 1.54) is 18.2 Å². The zero-order chi connectivity index (χ0) is 11.3. The lowest BCUT2D eigenvalue weighted by molar-refractivity contribution is -0.117. The van der Waals surface area contributed by atoms with Gasteiger partial charge in [-0.25, -0.2) is 4.39 Å². The van der Waals surface area contributed by atoms with Crippen LogP contribution in [0.15, 0.2) is 29.4 Å². The number of nitrogens with zero attached hydrogens (tertiary/aromatic N) is 1. The van der Waals surface area contributed by atoms with E-state index in [9.17, 15) is 9.18 Å². The molecule has 1 aromatic carbocycles. The fraction of sp³-hybridized carbons (Fsp3) is 0.200. The summed E-state index contributed by atoms with van der Waals surface area (Å²) >= 11 is 0. The summed E-state index contributed by atoms with van der Waals surface area (Å²) in [4.78, 5) is 11.3. The minimum absolute atomic E-state index is 0.0774. The Morgan fingerprint density at radius 1 is 1.53 bits per heavy atom. The Hall–Kier alpha value is -1.91. The fourth-order valence-corrected chi connectivity index (χ4v) is 1.17. The number of hydrogen-bond acceptors (Lipinski definition) is 3. The van der Waals surface area contributed by atoms with Crippen LogP contribution in [0.2, 0.25) is 0 Å². The second-order valence-electron chi connectivity index (χ2n) is 3.11. The number of benzene rings is 1. The van der Waals surface area contributed by atoms with Gasteiger partial charge in [-0.15, -0.1) is 0 Å². The van der Waals surface area contributed by atoms with Crippen LogP contribution in [0.4, 0.5) is 4.39 Å². The van der Waals surface area contributed by atoms with Gasteiger partial charge in [-0.3, -0.25) is 4.79 Å². The summed E-state index contributed by atoms with van der Waals surface area (Å²) in [5.74, 6) is -0.753. The number of ketones is 1. The molecule has 0 aliphatic rings. The number of nitrogens with two attached hydrogens (primary N) is 1. The van der Waals surface area contributed by atoms with E-state index in [4.69, 9.17) is 10.9 Å². The van der Waals surface area contributed by atoms with Crippen LogP contribution < -0.4 is 5.73 Å². The number of halogens is 1. The van der Waals surface area contributed by atoms with E-state index in [1.807, 2.05) is 0 Å². The van der Waals surface area contributed by atoms with E-state index in [-0.39, 0.29) is 30.3 Å². The van der Waals surface area contributed by atoms with E-state index in [2.05, 4.69) is 5.16 Å². The first-order valence-corrected chi connectivity index (χ1v) is 4.34. The maximum absolute atomic E-state index is 12.7. The van der Waals surface area contributed by atoms with Crippen molar-refractivity contribution in [3.8, 4) is 0 Å². The molecule has 80 valence electrons. The van der Waals surface area contributed by atoms with E-state index >= 15 is 0 Å². The lowest BCUT2D eigenvalue weighted by atomic mass is 10.1. The van der Waals surface area contributed by atoms with Crippen molar-refractivity contribution in [1.82, 2.24) is 0 Å². The molecule has 0 aromatic heterocycles. The van der Waals surface area contributed by atoms with Gasteiger partial charge in [0.1, 0.15) is 17.4 Å². The molecule has 0 atom stereocenters. The molecule has 3 N–H and O–H groups in total. The summed E-state index contributed by atoms with van der Waals surface area (Å²) in [5, 5.41) is 10.9. The first-order chi connectivity index (χ1) is 7.11. The predicted molar refractivity (Wildman–Crippen MR) is 53.1 cm³/mol. The first-order valence-electron chi connectivity index (χ1n) is 4.34. The van der Waals surface area contributed by atoms with Gasteiger partial charge in [-0.1, -0.05) is 17.3 Å². The maximum Gasteiger partial charge on any atom is 0.146 e. The number of Topliss-reactive ketones (excluding diaryl/α,β-unsaturated/α-hetero) is 1. The molecule has 0 bridgehead atoms. The molecule has 15 heavy (non-hydrogen) atoms. The lowest BCUT2D eigenvalue weighted by Gasteiger charge is -2.00. The molecule has 0 aliphatic carbocycles. The molecule has 0 saturated heterocycles. The van der Waals surface area contributed by atoms with E-state index in [0.29, 0.717) is 5.56 Å². The Bertz CT molecular complexity index is 391. The van der Waals surface area contributed by atoms with Crippen molar-refractivity contribution < 1.29 is 14.4 Å². The molecule has 0 spiro atoms. The average Bonchev–Trinajstić information content (AvgIpc) is 2.17. The van der Waals surface area contributed by atoms with Crippen LogP contribution in [0.5, 0.6) is 0 Å². The Morgan fingerprint density at radius 2 is 2.27 bits per heavy atom. The van der Waals surface area contributed by atoms with Crippen LogP contribution in [0, 0.1) is 5.82 Å². The second kappa shape index (κ2) is 5.09. The number of carbonyl (C=O) groups excluding carboxylic acids is 1. The van der Waals surface area contributed by atoms with Crippen LogP contribution in [0.1, 0.15) is 12.0 Å². The third kappa shape index (κ3) is 3.76. The van der Waals surface area contributed by atoms with Crippen molar-refractivity contribution in [3.63, 3.8) is 0 Å². The highest BCUT2D eigenvalue weighted by atomic mass is 19.1. The minimum Gasteiger partial charge on any atom is -0.409 e. The van der Waals surface area contributed by atoms with Gasteiger partial charge in [0.05, 0.1) is 6.42 Å². The van der Waals surface area contributed by atoms with Gasteiger partial charge >= 0.3 is 0 Å².